The summed E-state index contributed by atoms with van der Waals surface area (Å²) < 4.78 is 31.5. The Hall–Kier alpha value is -3.61. The van der Waals surface area contributed by atoms with Gasteiger partial charge >= 0.3 is 12.3 Å². The molecule has 0 radical (unpaired) electrons. The lowest BCUT2D eigenvalue weighted by Crippen LogP contribution is -2.42. The van der Waals surface area contributed by atoms with Gasteiger partial charge in [-0.2, -0.15) is 5.06 Å². The lowest BCUT2D eigenvalue weighted by Gasteiger charge is -2.26. The minimum atomic E-state index is -0.974. The number of anilines is 1. The quantitative estimate of drug-likeness (QED) is 0.415. The Balaban J connectivity index is 1.92. The van der Waals surface area contributed by atoms with Crippen molar-refractivity contribution < 1.29 is 47.6 Å². The zero-order chi connectivity index (χ0) is 26.5. The van der Waals surface area contributed by atoms with E-state index in [1.54, 1.807) is 52.0 Å². The number of fused-ring (bicyclic) bond motifs is 1. The molecular weight excluding hydrogens is 476 g/mol. The van der Waals surface area contributed by atoms with Crippen molar-refractivity contribution in [2.45, 2.75) is 46.1 Å². The van der Waals surface area contributed by atoms with Crippen molar-refractivity contribution in [3.63, 3.8) is 0 Å². The minimum Gasteiger partial charge on any atom is -0.434 e. The van der Waals surface area contributed by atoms with Gasteiger partial charge in [0.2, 0.25) is 0 Å². The Labute approximate surface area is 208 Å². The van der Waals surface area contributed by atoms with Crippen LogP contribution in [0.5, 0.6) is 11.5 Å². The van der Waals surface area contributed by atoms with Gasteiger partial charge < -0.3 is 34.2 Å². The van der Waals surface area contributed by atoms with E-state index >= 15 is 0 Å². The molecule has 1 unspecified atom stereocenters. The molecule has 2 N–H and O–H groups in total. The van der Waals surface area contributed by atoms with Gasteiger partial charge in [0.15, 0.2) is 23.5 Å². The average molecular weight is 507 g/mol. The molecular formula is C24H30N2O10. The normalized spacial score (nSPS) is 16.4. The standard InChI is InChI=1S/C24H30N2O10/c1-6-31-22(28)34-20-15-10-8-14(9-11-16(15)21(19(20)25)35-23(29)32-7-2)12-17(27)26(30-5)18-13-33-24(3,4)36-18/h8-11,18H,6-7,12-13,25H2,1-5H3. The molecule has 36 heavy (non-hydrogen) atoms. The predicted octanol–water partition coefficient (Wildman–Crippen LogP) is 3.49. The molecule has 1 atom stereocenters. The van der Waals surface area contributed by atoms with Crippen molar-refractivity contribution in [2.24, 2.45) is 0 Å². The summed E-state index contributed by atoms with van der Waals surface area (Å²) in [5.41, 5.74) is 7.36. The Morgan fingerprint density at radius 3 is 1.94 bits per heavy atom. The van der Waals surface area contributed by atoms with E-state index in [9.17, 15) is 14.4 Å². The molecule has 1 heterocycles. The highest BCUT2D eigenvalue weighted by molar-refractivity contribution is 5.95. The SMILES string of the molecule is CCOC(=O)Oc1c2ccc(CC(=O)N(OC)C3COC(C)(C)O3)ccc-2c(OC(=O)OCC)c1N. The Morgan fingerprint density at radius 2 is 1.53 bits per heavy atom. The second-order valence-corrected chi connectivity index (χ2v) is 8.07. The van der Waals surface area contributed by atoms with E-state index < -0.39 is 24.3 Å². The zero-order valence-corrected chi connectivity index (χ0v) is 20.8. The van der Waals surface area contributed by atoms with E-state index in [-0.39, 0.29) is 49.3 Å². The van der Waals surface area contributed by atoms with Crippen molar-refractivity contribution in [1.29, 1.82) is 0 Å². The Bertz CT molecular complexity index is 1030. The number of hydrogen-bond acceptors (Lipinski definition) is 11. The van der Waals surface area contributed by atoms with Crippen LogP contribution in [0.1, 0.15) is 33.3 Å². The maximum absolute atomic E-state index is 13.0. The summed E-state index contributed by atoms with van der Waals surface area (Å²) in [5, 5.41) is 1.12. The molecule has 3 rings (SSSR count). The first-order chi connectivity index (χ1) is 17.1. The number of nitrogen functional groups attached to an aromatic ring is 1. The smallest absolute Gasteiger partial charge is 0.434 e. The number of carbonyl (C=O) groups is 3. The molecule has 0 aromatic carbocycles. The fraction of sp³-hybridized carbons (Fsp3) is 0.458. The largest absolute Gasteiger partial charge is 0.513 e. The van der Waals surface area contributed by atoms with Crippen LogP contribution in [0, 0.1) is 0 Å². The van der Waals surface area contributed by atoms with Gasteiger partial charge in [0.05, 0.1) is 33.4 Å². The lowest BCUT2D eigenvalue weighted by atomic mass is 10.2. The number of hydroxylamine groups is 2. The minimum absolute atomic E-state index is 0.0477. The lowest BCUT2D eigenvalue weighted by molar-refractivity contribution is -0.240. The predicted molar refractivity (Wildman–Crippen MR) is 125 cm³/mol. The highest BCUT2D eigenvalue weighted by Crippen LogP contribution is 2.50. The van der Waals surface area contributed by atoms with Crippen LogP contribution in [0.25, 0.3) is 11.1 Å². The topological polar surface area (TPSA) is 145 Å². The molecule has 0 spiro atoms. The number of rotatable bonds is 8. The fourth-order valence-corrected chi connectivity index (χ4v) is 3.62. The van der Waals surface area contributed by atoms with Crippen molar-refractivity contribution in [3.05, 3.63) is 29.8 Å². The van der Waals surface area contributed by atoms with Crippen molar-refractivity contribution in [2.75, 3.05) is 32.7 Å². The highest BCUT2D eigenvalue weighted by atomic mass is 16.8. The molecule has 0 bridgehead atoms. The summed E-state index contributed by atoms with van der Waals surface area (Å²) in [6.07, 6.45) is -2.70. The van der Waals surface area contributed by atoms with Gasteiger partial charge in [-0.1, -0.05) is 24.3 Å². The highest BCUT2D eigenvalue weighted by Gasteiger charge is 2.38. The molecule has 3 aliphatic rings. The van der Waals surface area contributed by atoms with Crippen LogP contribution in [-0.2, 0) is 35.0 Å². The number of nitrogens with zero attached hydrogens (tertiary/aromatic N) is 1. The van der Waals surface area contributed by atoms with E-state index in [1.165, 1.54) is 7.11 Å². The third-order valence-electron chi connectivity index (χ3n) is 5.14. The third kappa shape index (κ3) is 6.14. The maximum atomic E-state index is 13.0. The van der Waals surface area contributed by atoms with Crippen LogP contribution < -0.4 is 15.2 Å². The first kappa shape index (κ1) is 27.0. The molecule has 0 saturated carbocycles. The number of amides is 1. The molecule has 1 saturated heterocycles. The van der Waals surface area contributed by atoms with E-state index in [1.807, 2.05) is 0 Å². The van der Waals surface area contributed by atoms with E-state index in [4.69, 9.17) is 39.0 Å². The van der Waals surface area contributed by atoms with E-state index in [2.05, 4.69) is 0 Å². The molecule has 12 nitrogen and oxygen atoms in total. The molecule has 1 amide bonds. The Kier molecular flexibility index (Phi) is 8.56. The summed E-state index contributed by atoms with van der Waals surface area (Å²) in [7, 11) is 1.37. The summed E-state index contributed by atoms with van der Waals surface area (Å²) in [5.74, 6) is -1.31. The first-order valence-corrected chi connectivity index (χ1v) is 11.3. The molecule has 1 fully saturated rings. The zero-order valence-electron chi connectivity index (χ0n) is 20.8. The van der Waals surface area contributed by atoms with Gasteiger partial charge in [-0.25, -0.2) is 9.59 Å². The number of nitrogens with two attached hydrogens (primary N) is 1. The second kappa shape index (κ2) is 11.4. The van der Waals surface area contributed by atoms with Gasteiger partial charge in [-0.05, 0) is 33.3 Å². The maximum Gasteiger partial charge on any atom is 0.513 e. The van der Waals surface area contributed by atoms with Crippen LogP contribution >= 0.6 is 0 Å². The number of hydrogen-bond donors (Lipinski definition) is 1. The van der Waals surface area contributed by atoms with Crippen LogP contribution in [0.2, 0.25) is 0 Å². The van der Waals surface area contributed by atoms with Gasteiger partial charge in [0.25, 0.3) is 5.91 Å². The molecule has 2 aliphatic carbocycles. The Morgan fingerprint density at radius 1 is 1.00 bits per heavy atom. The second-order valence-electron chi connectivity index (χ2n) is 8.07. The van der Waals surface area contributed by atoms with E-state index in [0.717, 1.165) is 5.06 Å². The van der Waals surface area contributed by atoms with E-state index in [0.29, 0.717) is 16.7 Å². The number of carbonyl (C=O) groups excluding carboxylic acids is 3. The van der Waals surface area contributed by atoms with Gasteiger partial charge in [-0.3, -0.25) is 9.63 Å². The van der Waals surface area contributed by atoms with Gasteiger partial charge in [0, 0.05) is 11.1 Å². The average Bonchev–Trinajstić information content (AvgIpc) is 3.18. The summed E-state index contributed by atoms with van der Waals surface area (Å²) in [4.78, 5) is 42.2. The van der Waals surface area contributed by atoms with Crippen LogP contribution in [0.3, 0.4) is 0 Å². The van der Waals surface area contributed by atoms with Crippen LogP contribution in [0.15, 0.2) is 24.3 Å². The third-order valence-corrected chi connectivity index (χ3v) is 5.14. The van der Waals surface area contributed by atoms with Crippen LogP contribution in [-0.4, -0.2) is 62.2 Å². The molecule has 196 valence electrons. The fourth-order valence-electron chi connectivity index (χ4n) is 3.62. The monoisotopic (exact) mass is 506 g/mol. The van der Waals surface area contributed by atoms with Gasteiger partial charge in [-0.15, -0.1) is 0 Å². The van der Waals surface area contributed by atoms with Crippen molar-refractivity contribution >= 4 is 23.9 Å². The summed E-state index contributed by atoms with van der Waals surface area (Å²) in [6, 6.07) is 6.48. The summed E-state index contributed by atoms with van der Waals surface area (Å²) in [6.45, 7) is 7.07. The first-order valence-electron chi connectivity index (χ1n) is 11.3. The number of ether oxygens (including phenoxy) is 6. The molecule has 12 heteroatoms. The summed E-state index contributed by atoms with van der Waals surface area (Å²) >= 11 is 0. The van der Waals surface area contributed by atoms with Crippen molar-refractivity contribution in [3.8, 4) is 22.6 Å². The van der Waals surface area contributed by atoms with Crippen molar-refractivity contribution in [1.82, 2.24) is 5.06 Å². The van der Waals surface area contributed by atoms with Gasteiger partial charge in [0.1, 0.15) is 5.69 Å². The molecule has 0 aromatic heterocycles. The van der Waals surface area contributed by atoms with Crippen LogP contribution in [0.4, 0.5) is 15.3 Å². The molecule has 0 aromatic rings. The molecule has 1 aliphatic heterocycles.